The zero-order valence-electron chi connectivity index (χ0n) is 16.4. The van der Waals surface area contributed by atoms with E-state index in [4.69, 9.17) is 5.73 Å². The highest BCUT2D eigenvalue weighted by Crippen LogP contribution is 2.54. The second-order valence-electron chi connectivity index (χ2n) is 8.89. The largest absolute Gasteiger partial charge is 0.370 e. The summed E-state index contributed by atoms with van der Waals surface area (Å²) in [5.74, 6) is -4.36. The van der Waals surface area contributed by atoms with Crippen molar-refractivity contribution in [3.8, 4) is 0 Å². The molecule has 8 nitrogen and oxygen atoms in total. The van der Waals surface area contributed by atoms with Crippen molar-refractivity contribution in [3.05, 3.63) is 29.6 Å². The fraction of sp³-hybridized carbons (Fsp3) is 0.500. The maximum absolute atomic E-state index is 14.1. The molecule has 9 heteroatoms. The van der Waals surface area contributed by atoms with E-state index in [2.05, 4.69) is 10.6 Å². The predicted molar refractivity (Wildman–Crippen MR) is 101 cm³/mol. The van der Waals surface area contributed by atoms with E-state index in [1.54, 1.807) is 20.8 Å². The van der Waals surface area contributed by atoms with E-state index in [0.29, 0.717) is 11.3 Å². The van der Waals surface area contributed by atoms with Crippen molar-refractivity contribution in [1.29, 1.82) is 0 Å². The summed E-state index contributed by atoms with van der Waals surface area (Å²) in [5.41, 5.74) is 3.62. The molecule has 4 N–H and O–H groups in total. The first-order valence-electron chi connectivity index (χ1n) is 9.54. The zero-order chi connectivity index (χ0) is 21.3. The summed E-state index contributed by atoms with van der Waals surface area (Å²) in [6.45, 7) is 5.22. The number of rotatable bonds is 3. The number of hydrogen-bond donors (Lipinski definition) is 3. The Morgan fingerprint density at radius 1 is 1.24 bits per heavy atom. The number of carbonyl (C=O) groups is 4. The van der Waals surface area contributed by atoms with Crippen LogP contribution < -0.4 is 16.4 Å². The van der Waals surface area contributed by atoms with Crippen molar-refractivity contribution < 1.29 is 23.6 Å². The standard InChI is InChI=1S/C20H23FN4O4/c1-19(2,3)25-16(27)14-12(6-7-13(22)26)24-20(15(14)17(25)28)10-8-9(21)4-5-11(10)23-18(20)29/h4-5,8,12,14-15,24H,6-7H2,1-3H3,(H2,22,26)(H,23,29)/t12-,14+,15-,20+/m0/s1. The van der Waals surface area contributed by atoms with Crippen LogP contribution in [0.1, 0.15) is 39.2 Å². The first-order chi connectivity index (χ1) is 13.5. The van der Waals surface area contributed by atoms with Crippen molar-refractivity contribution in [2.75, 3.05) is 5.32 Å². The molecule has 1 spiro atoms. The minimum absolute atomic E-state index is 0.00835. The number of primary amides is 1. The van der Waals surface area contributed by atoms with Gasteiger partial charge in [-0.05, 0) is 45.4 Å². The number of halogens is 1. The van der Waals surface area contributed by atoms with Crippen LogP contribution in [0.25, 0.3) is 0 Å². The Kier molecular flexibility index (Phi) is 4.10. The van der Waals surface area contributed by atoms with E-state index in [-0.39, 0.29) is 12.8 Å². The maximum atomic E-state index is 14.1. The van der Waals surface area contributed by atoms with Crippen LogP contribution in [-0.2, 0) is 24.7 Å². The van der Waals surface area contributed by atoms with Gasteiger partial charge in [-0.2, -0.15) is 0 Å². The Morgan fingerprint density at radius 2 is 1.93 bits per heavy atom. The number of imide groups is 1. The van der Waals surface area contributed by atoms with Crippen molar-refractivity contribution in [2.45, 2.75) is 50.7 Å². The number of nitrogens with two attached hydrogens (primary N) is 1. The molecule has 4 atom stereocenters. The lowest BCUT2D eigenvalue weighted by molar-refractivity contribution is -0.148. The summed E-state index contributed by atoms with van der Waals surface area (Å²) in [6, 6.07) is 3.24. The Bertz CT molecular complexity index is 956. The van der Waals surface area contributed by atoms with Gasteiger partial charge < -0.3 is 11.1 Å². The monoisotopic (exact) mass is 402 g/mol. The SMILES string of the molecule is CC(C)(C)N1C(=O)[C@@H]2[C@H](CCC(N)=O)N[C@@]3(C(=O)Nc4ccc(F)cc43)[C@@H]2C1=O. The van der Waals surface area contributed by atoms with Gasteiger partial charge in [0, 0.05) is 29.3 Å². The minimum Gasteiger partial charge on any atom is -0.370 e. The molecule has 1 aromatic rings. The van der Waals surface area contributed by atoms with Gasteiger partial charge in [-0.15, -0.1) is 0 Å². The van der Waals surface area contributed by atoms with Crippen LogP contribution in [0.2, 0.25) is 0 Å². The number of anilines is 1. The van der Waals surface area contributed by atoms with E-state index < -0.39 is 58.4 Å². The molecule has 0 aliphatic carbocycles. The van der Waals surface area contributed by atoms with Gasteiger partial charge in [-0.25, -0.2) is 4.39 Å². The number of benzene rings is 1. The highest BCUT2D eigenvalue weighted by atomic mass is 19.1. The molecule has 4 amide bonds. The molecule has 154 valence electrons. The zero-order valence-corrected chi connectivity index (χ0v) is 16.4. The van der Waals surface area contributed by atoms with Crippen molar-refractivity contribution in [3.63, 3.8) is 0 Å². The van der Waals surface area contributed by atoms with Crippen molar-refractivity contribution in [2.24, 2.45) is 17.6 Å². The molecular weight excluding hydrogens is 379 g/mol. The van der Waals surface area contributed by atoms with Gasteiger partial charge in [0.15, 0.2) is 0 Å². The summed E-state index contributed by atoms with van der Waals surface area (Å²) in [7, 11) is 0. The van der Waals surface area contributed by atoms with E-state index >= 15 is 0 Å². The molecule has 4 rings (SSSR count). The van der Waals surface area contributed by atoms with Crippen LogP contribution in [0.5, 0.6) is 0 Å². The van der Waals surface area contributed by atoms with Gasteiger partial charge in [-0.1, -0.05) is 0 Å². The third-order valence-corrected chi connectivity index (χ3v) is 6.05. The lowest BCUT2D eigenvalue weighted by atomic mass is 9.76. The van der Waals surface area contributed by atoms with Crippen molar-refractivity contribution in [1.82, 2.24) is 10.2 Å². The lowest BCUT2D eigenvalue weighted by Crippen LogP contribution is -2.55. The number of hydrogen-bond acceptors (Lipinski definition) is 5. The van der Waals surface area contributed by atoms with Gasteiger partial charge in [0.05, 0.1) is 11.8 Å². The Labute approximate surface area is 167 Å². The number of nitrogens with zero attached hydrogens (tertiary/aromatic N) is 1. The van der Waals surface area contributed by atoms with Crippen LogP contribution in [0.15, 0.2) is 18.2 Å². The number of amides is 4. The van der Waals surface area contributed by atoms with Crippen LogP contribution in [0.3, 0.4) is 0 Å². The van der Waals surface area contributed by atoms with Crippen LogP contribution in [0.4, 0.5) is 10.1 Å². The fourth-order valence-electron chi connectivity index (χ4n) is 4.98. The molecule has 29 heavy (non-hydrogen) atoms. The fourth-order valence-corrected chi connectivity index (χ4v) is 4.98. The molecule has 0 unspecified atom stereocenters. The van der Waals surface area contributed by atoms with E-state index in [9.17, 15) is 23.6 Å². The Balaban J connectivity index is 1.88. The van der Waals surface area contributed by atoms with E-state index in [1.807, 2.05) is 0 Å². The Hall–Kier alpha value is -2.81. The molecule has 3 heterocycles. The topological polar surface area (TPSA) is 122 Å². The molecule has 0 bridgehead atoms. The third kappa shape index (κ3) is 2.60. The second-order valence-corrected chi connectivity index (χ2v) is 8.89. The first-order valence-corrected chi connectivity index (χ1v) is 9.54. The van der Waals surface area contributed by atoms with Gasteiger partial charge in [0.1, 0.15) is 11.4 Å². The summed E-state index contributed by atoms with van der Waals surface area (Å²) < 4.78 is 14.1. The average Bonchev–Trinajstić information content (AvgIpc) is 3.18. The summed E-state index contributed by atoms with van der Waals surface area (Å²) in [5, 5.41) is 5.84. The second kappa shape index (κ2) is 6.09. The number of nitrogens with one attached hydrogen (secondary N) is 2. The quantitative estimate of drug-likeness (QED) is 0.640. The molecule has 0 saturated carbocycles. The molecule has 0 aromatic heterocycles. The molecule has 2 fully saturated rings. The van der Waals surface area contributed by atoms with Crippen LogP contribution in [0, 0.1) is 17.7 Å². The molecular formula is C20H23FN4O4. The maximum Gasteiger partial charge on any atom is 0.250 e. The van der Waals surface area contributed by atoms with Gasteiger partial charge in [-0.3, -0.25) is 29.4 Å². The predicted octanol–water partition coefficient (Wildman–Crippen LogP) is 0.610. The highest BCUT2D eigenvalue weighted by molar-refractivity contribution is 6.15. The number of fused-ring (bicyclic) bond motifs is 4. The number of likely N-dealkylation sites (tertiary alicyclic amines) is 1. The number of carbonyl (C=O) groups excluding carboxylic acids is 4. The van der Waals surface area contributed by atoms with Crippen LogP contribution >= 0.6 is 0 Å². The summed E-state index contributed by atoms with van der Waals surface area (Å²) in [6.07, 6.45) is 0.179. The highest BCUT2D eigenvalue weighted by Gasteiger charge is 2.71. The average molecular weight is 402 g/mol. The normalized spacial score (nSPS) is 30.7. The Morgan fingerprint density at radius 3 is 2.55 bits per heavy atom. The molecule has 2 saturated heterocycles. The van der Waals surface area contributed by atoms with E-state index in [1.165, 1.54) is 23.1 Å². The lowest BCUT2D eigenvalue weighted by Gasteiger charge is -2.34. The smallest absolute Gasteiger partial charge is 0.250 e. The summed E-state index contributed by atoms with van der Waals surface area (Å²) >= 11 is 0. The third-order valence-electron chi connectivity index (χ3n) is 6.05. The van der Waals surface area contributed by atoms with E-state index in [0.717, 1.165) is 0 Å². The van der Waals surface area contributed by atoms with Gasteiger partial charge >= 0.3 is 0 Å². The van der Waals surface area contributed by atoms with Gasteiger partial charge in [0.25, 0.3) is 0 Å². The molecule has 0 radical (unpaired) electrons. The molecule has 3 aliphatic heterocycles. The minimum atomic E-state index is -1.57. The molecule has 3 aliphatic rings. The van der Waals surface area contributed by atoms with Crippen molar-refractivity contribution >= 4 is 29.3 Å². The van der Waals surface area contributed by atoms with Crippen LogP contribution in [-0.4, -0.2) is 40.1 Å². The molecule has 1 aromatic carbocycles. The summed E-state index contributed by atoms with van der Waals surface area (Å²) in [4.78, 5) is 52.4. The van der Waals surface area contributed by atoms with Gasteiger partial charge in [0.2, 0.25) is 23.6 Å². The first kappa shape index (κ1) is 19.5.